The topological polar surface area (TPSA) is 74.4 Å². The number of nitrogens with two attached hydrogens (primary N) is 1. The molecule has 0 saturated heterocycles. The molecule has 0 fully saturated rings. The molecule has 1 aromatic heterocycles. The van der Waals surface area contributed by atoms with E-state index in [9.17, 15) is 4.79 Å². The molecule has 0 aliphatic rings. The predicted octanol–water partition coefficient (Wildman–Crippen LogP) is 3.00. The molecule has 0 spiro atoms. The van der Waals surface area contributed by atoms with Crippen molar-refractivity contribution in [1.82, 2.24) is 4.98 Å². The zero-order valence-electron chi connectivity index (χ0n) is 11.8. The van der Waals surface area contributed by atoms with Crippen molar-refractivity contribution in [3.63, 3.8) is 0 Å². The number of halogens is 3. The predicted molar refractivity (Wildman–Crippen MR) is 85.0 cm³/mol. The summed E-state index contributed by atoms with van der Waals surface area (Å²) in [6.45, 7) is 4.31. The molecule has 0 bridgehead atoms. The molecule has 0 amide bonds. The Balaban J connectivity index is 0.00000400. The van der Waals surface area contributed by atoms with Crippen LogP contribution in [0.25, 0.3) is 0 Å². The lowest BCUT2D eigenvalue weighted by Gasteiger charge is -2.19. The van der Waals surface area contributed by atoms with Crippen LogP contribution < -0.4 is 5.73 Å². The summed E-state index contributed by atoms with van der Waals surface area (Å²) in [5.41, 5.74) is 6.41. The summed E-state index contributed by atoms with van der Waals surface area (Å²) in [5, 5.41) is 0.486. The van der Waals surface area contributed by atoms with Crippen LogP contribution in [0.1, 0.15) is 25.8 Å². The van der Waals surface area contributed by atoms with Crippen LogP contribution in [0, 0.1) is 0 Å². The van der Waals surface area contributed by atoms with Crippen LogP contribution in [-0.2, 0) is 20.9 Å². The highest BCUT2D eigenvalue weighted by Crippen LogP contribution is 2.15. The van der Waals surface area contributed by atoms with Crippen molar-refractivity contribution in [2.24, 2.45) is 5.73 Å². The fourth-order valence-electron chi connectivity index (χ4n) is 1.45. The fourth-order valence-corrected chi connectivity index (χ4v) is 1.95. The lowest BCUT2D eigenvalue weighted by Crippen LogP contribution is -2.43. The molecule has 120 valence electrons. The van der Waals surface area contributed by atoms with E-state index < -0.39 is 18.1 Å². The first kappa shape index (κ1) is 20.4. The summed E-state index contributed by atoms with van der Waals surface area (Å²) in [6.07, 6.45) is 0.465. The van der Waals surface area contributed by atoms with Gasteiger partial charge in [0.1, 0.15) is 23.0 Å². The average Bonchev–Trinajstić information content (AvgIpc) is 2.40. The smallest absolute Gasteiger partial charge is 0.325 e. The molecule has 0 aliphatic heterocycles. The number of carbonyl (C=O) groups excluding carboxylic acids is 1. The standard InChI is InChI=1S/C13H18Cl2N2O3.ClH/c1-3-4-19-8(2)12(16)13(18)20-7-9-5-10(14)17-11(15)6-9;/h5-6,8,12H,3-4,7,16H2,1-2H3;1H/t8-,12-;/m0./s1. The monoisotopic (exact) mass is 356 g/mol. The van der Waals surface area contributed by atoms with Gasteiger partial charge in [-0.25, -0.2) is 4.98 Å². The molecule has 1 heterocycles. The van der Waals surface area contributed by atoms with Crippen molar-refractivity contribution < 1.29 is 14.3 Å². The van der Waals surface area contributed by atoms with Gasteiger partial charge in [-0.15, -0.1) is 12.4 Å². The summed E-state index contributed by atoms with van der Waals surface area (Å²) in [7, 11) is 0. The number of carbonyl (C=O) groups is 1. The number of hydrogen-bond acceptors (Lipinski definition) is 5. The lowest BCUT2D eigenvalue weighted by atomic mass is 10.2. The Morgan fingerprint density at radius 3 is 2.48 bits per heavy atom. The van der Waals surface area contributed by atoms with Crippen molar-refractivity contribution >= 4 is 41.6 Å². The van der Waals surface area contributed by atoms with Crippen LogP contribution in [0.15, 0.2) is 12.1 Å². The second-order valence-corrected chi connectivity index (χ2v) is 5.10. The van der Waals surface area contributed by atoms with Crippen LogP contribution in [-0.4, -0.2) is 29.7 Å². The molecule has 5 nitrogen and oxygen atoms in total. The number of ether oxygens (including phenoxy) is 2. The second kappa shape index (κ2) is 10.2. The van der Waals surface area contributed by atoms with Gasteiger partial charge in [-0.2, -0.15) is 0 Å². The average molecular weight is 358 g/mol. The third kappa shape index (κ3) is 7.29. The van der Waals surface area contributed by atoms with Crippen LogP contribution in [0.3, 0.4) is 0 Å². The minimum atomic E-state index is -0.825. The third-order valence-electron chi connectivity index (χ3n) is 2.57. The van der Waals surface area contributed by atoms with Gasteiger partial charge in [-0.05, 0) is 31.0 Å². The molecule has 0 aliphatic carbocycles. The summed E-state index contributed by atoms with van der Waals surface area (Å²) in [5.74, 6) is -0.530. The first-order chi connectivity index (χ1) is 9.43. The van der Waals surface area contributed by atoms with Crippen LogP contribution in [0.2, 0.25) is 10.3 Å². The maximum absolute atomic E-state index is 11.8. The molecule has 8 heteroatoms. The summed E-state index contributed by atoms with van der Waals surface area (Å²) >= 11 is 11.5. The van der Waals surface area contributed by atoms with Crippen molar-refractivity contribution in [3.8, 4) is 0 Å². The van der Waals surface area contributed by atoms with Gasteiger partial charge in [-0.3, -0.25) is 4.79 Å². The number of aromatic nitrogens is 1. The van der Waals surface area contributed by atoms with E-state index in [1.165, 1.54) is 0 Å². The Morgan fingerprint density at radius 2 is 1.95 bits per heavy atom. The largest absolute Gasteiger partial charge is 0.460 e. The molecule has 1 rings (SSSR count). The Kier molecular flexibility index (Phi) is 9.90. The summed E-state index contributed by atoms with van der Waals surface area (Å²) < 4.78 is 10.5. The van der Waals surface area contributed by atoms with Gasteiger partial charge in [0.2, 0.25) is 0 Å². The van der Waals surface area contributed by atoms with Crippen molar-refractivity contribution in [2.75, 3.05) is 6.61 Å². The van der Waals surface area contributed by atoms with E-state index in [4.69, 9.17) is 38.4 Å². The van der Waals surface area contributed by atoms with Crippen molar-refractivity contribution in [1.29, 1.82) is 0 Å². The first-order valence-corrected chi connectivity index (χ1v) is 7.05. The Bertz CT molecular complexity index is 440. The van der Waals surface area contributed by atoms with Gasteiger partial charge in [0, 0.05) is 6.61 Å². The normalized spacial score (nSPS) is 13.2. The highest BCUT2D eigenvalue weighted by Gasteiger charge is 2.22. The zero-order valence-corrected chi connectivity index (χ0v) is 14.2. The van der Waals surface area contributed by atoms with E-state index in [-0.39, 0.29) is 29.3 Å². The zero-order chi connectivity index (χ0) is 15.1. The van der Waals surface area contributed by atoms with E-state index in [0.29, 0.717) is 12.2 Å². The van der Waals surface area contributed by atoms with Gasteiger partial charge in [0.15, 0.2) is 0 Å². The third-order valence-corrected chi connectivity index (χ3v) is 2.95. The molecule has 21 heavy (non-hydrogen) atoms. The minimum absolute atomic E-state index is 0. The van der Waals surface area contributed by atoms with E-state index in [1.807, 2.05) is 6.92 Å². The molecule has 2 atom stereocenters. The fraction of sp³-hybridized carbons (Fsp3) is 0.538. The van der Waals surface area contributed by atoms with Crippen LogP contribution in [0.4, 0.5) is 0 Å². The number of esters is 1. The second-order valence-electron chi connectivity index (χ2n) is 4.33. The quantitative estimate of drug-likeness (QED) is 0.600. The number of nitrogens with zero attached hydrogens (tertiary/aromatic N) is 1. The SMILES string of the molecule is CCCO[C@@H](C)[C@H](N)C(=O)OCc1cc(Cl)nc(Cl)c1.Cl. The van der Waals surface area contributed by atoms with Crippen LogP contribution >= 0.6 is 35.6 Å². The number of rotatable bonds is 7. The van der Waals surface area contributed by atoms with Crippen molar-refractivity contribution in [2.45, 2.75) is 39.0 Å². The molecular weight excluding hydrogens is 339 g/mol. The molecule has 0 radical (unpaired) electrons. The summed E-state index contributed by atoms with van der Waals surface area (Å²) in [4.78, 5) is 15.6. The molecule has 1 aromatic rings. The summed E-state index contributed by atoms with van der Waals surface area (Å²) in [6, 6.07) is 2.32. The van der Waals surface area contributed by atoms with E-state index >= 15 is 0 Å². The molecule has 0 unspecified atom stereocenters. The molecular formula is C13H19Cl3N2O3. The van der Waals surface area contributed by atoms with Gasteiger partial charge in [0.05, 0.1) is 6.10 Å². The number of pyridine rings is 1. The molecule has 0 saturated carbocycles. The van der Waals surface area contributed by atoms with E-state index in [1.54, 1.807) is 19.1 Å². The molecule has 0 aromatic carbocycles. The lowest BCUT2D eigenvalue weighted by molar-refractivity contribution is -0.150. The highest BCUT2D eigenvalue weighted by molar-refractivity contribution is 6.32. The minimum Gasteiger partial charge on any atom is -0.460 e. The van der Waals surface area contributed by atoms with Gasteiger partial charge >= 0.3 is 5.97 Å². The van der Waals surface area contributed by atoms with Gasteiger partial charge in [-0.1, -0.05) is 30.1 Å². The maximum Gasteiger partial charge on any atom is 0.325 e. The Morgan fingerprint density at radius 1 is 1.38 bits per heavy atom. The molecule has 2 N–H and O–H groups in total. The van der Waals surface area contributed by atoms with Gasteiger partial charge < -0.3 is 15.2 Å². The first-order valence-electron chi connectivity index (χ1n) is 6.29. The van der Waals surface area contributed by atoms with Crippen LogP contribution in [0.5, 0.6) is 0 Å². The Labute approximate surface area is 140 Å². The van der Waals surface area contributed by atoms with E-state index in [0.717, 1.165) is 6.42 Å². The highest BCUT2D eigenvalue weighted by atomic mass is 35.5. The van der Waals surface area contributed by atoms with Crippen molar-refractivity contribution in [3.05, 3.63) is 28.0 Å². The van der Waals surface area contributed by atoms with E-state index in [2.05, 4.69) is 4.98 Å². The number of hydrogen-bond donors (Lipinski definition) is 1. The van der Waals surface area contributed by atoms with Gasteiger partial charge in [0.25, 0.3) is 0 Å². The maximum atomic E-state index is 11.8. The Hall–Kier alpha value is -0.590.